The number of fused-ring (bicyclic) bond motifs is 3. The van der Waals surface area contributed by atoms with E-state index in [-0.39, 0.29) is 42.1 Å². The summed E-state index contributed by atoms with van der Waals surface area (Å²) in [4.78, 5) is 59.3. The maximum atomic E-state index is 13.8. The lowest BCUT2D eigenvalue weighted by molar-refractivity contribution is -0.136. The Morgan fingerprint density at radius 3 is 2.07 bits per heavy atom. The fourth-order valence-corrected chi connectivity index (χ4v) is 8.89. The third-order valence-electron chi connectivity index (χ3n) is 11.9. The van der Waals surface area contributed by atoms with Gasteiger partial charge in [0.15, 0.2) is 0 Å². The van der Waals surface area contributed by atoms with Gasteiger partial charge in [0.25, 0.3) is 0 Å². The van der Waals surface area contributed by atoms with Crippen LogP contribution in [0, 0.1) is 17.8 Å². The molecular weight excluding hydrogens is 707 g/mol. The van der Waals surface area contributed by atoms with E-state index < -0.39 is 17.7 Å². The summed E-state index contributed by atoms with van der Waals surface area (Å²) in [6, 6.07) is 20.8. The summed E-state index contributed by atoms with van der Waals surface area (Å²) in [6.07, 6.45) is 6.69. The number of amides is 3. The van der Waals surface area contributed by atoms with Crippen molar-refractivity contribution in [2.45, 2.75) is 96.1 Å². The summed E-state index contributed by atoms with van der Waals surface area (Å²) in [5.41, 5.74) is 5.44. The standard InChI is InChI=1S/C44H49N7O5/c1-23(2)38(49-42(53)55-6)41(52)50-34-17-30(34)19-36(50)39-45-21-32(47-39)25-9-7-24(8-10-25)26-11-12-28-16-29(14-13-27(28)15-26)33-22-46-40(48-33)37-20-31-18-35(31)51(37)43(54)56-44(3,4)5/h7-16,21-23,30-31,34-38H,17-20H2,1-6H3,(H,45,47)(H,46,48)(H,49,53)/t30-,31-,34-,35-,36?,37+,38+/m1/s1. The summed E-state index contributed by atoms with van der Waals surface area (Å²) >= 11 is 0. The Morgan fingerprint density at radius 2 is 1.41 bits per heavy atom. The second kappa shape index (κ2) is 13.5. The molecule has 1 unspecified atom stereocenters. The Balaban J connectivity index is 0.884. The molecule has 56 heavy (non-hydrogen) atoms. The number of aromatic nitrogens is 4. The summed E-state index contributed by atoms with van der Waals surface area (Å²) in [7, 11) is 1.31. The zero-order valence-corrected chi connectivity index (χ0v) is 32.7. The number of nitrogens with zero attached hydrogens (tertiary/aromatic N) is 4. The zero-order valence-electron chi connectivity index (χ0n) is 32.7. The maximum absolute atomic E-state index is 13.8. The van der Waals surface area contributed by atoms with Gasteiger partial charge in [0, 0.05) is 29.4 Å². The van der Waals surface area contributed by atoms with Gasteiger partial charge in [-0.1, -0.05) is 62.4 Å². The van der Waals surface area contributed by atoms with Crippen LogP contribution in [0.15, 0.2) is 73.1 Å². The molecule has 7 atom stereocenters. The smallest absolute Gasteiger partial charge is 0.411 e. The number of rotatable bonds is 8. The first-order valence-corrected chi connectivity index (χ1v) is 19.8. The average molecular weight is 756 g/mol. The Hall–Kier alpha value is -5.65. The quantitative estimate of drug-likeness (QED) is 0.144. The first-order chi connectivity index (χ1) is 26.8. The van der Waals surface area contributed by atoms with Crippen LogP contribution in [0.1, 0.15) is 84.0 Å². The van der Waals surface area contributed by atoms with Gasteiger partial charge in [-0.05, 0) is 98.2 Å². The highest BCUT2D eigenvalue weighted by molar-refractivity contribution is 5.91. The lowest BCUT2D eigenvalue weighted by atomic mass is 9.98. The summed E-state index contributed by atoms with van der Waals surface area (Å²) in [5.74, 6) is 2.37. The van der Waals surface area contributed by atoms with Gasteiger partial charge in [-0.2, -0.15) is 0 Å². The number of ether oxygens (including phenoxy) is 2. The second-order valence-electron chi connectivity index (χ2n) is 17.3. The second-order valence-corrected chi connectivity index (χ2v) is 17.3. The van der Waals surface area contributed by atoms with Crippen LogP contribution in [-0.2, 0) is 14.3 Å². The number of methoxy groups -OCH3 is 1. The van der Waals surface area contributed by atoms with Crippen molar-refractivity contribution in [1.29, 1.82) is 0 Å². The third kappa shape index (κ3) is 6.68. The molecule has 2 aliphatic carbocycles. The molecule has 3 aromatic carbocycles. The topological polar surface area (TPSA) is 146 Å². The number of carbonyl (C=O) groups is 3. The summed E-state index contributed by atoms with van der Waals surface area (Å²) < 4.78 is 10.6. The van der Waals surface area contributed by atoms with Crippen LogP contribution in [0.5, 0.6) is 0 Å². The Labute approximate surface area is 326 Å². The molecule has 0 bridgehead atoms. The van der Waals surface area contributed by atoms with Crippen molar-refractivity contribution in [3.05, 3.63) is 84.7 Å². The molecule has 2 saturated carbocycles. The number of likely N-dealkylation sites (tertiary alicyclic amines) is 2. The lowest BCUT2D eigenvalue weighted by Gasteiger charge is -2.31. The van der Waals surface area contributed by atoms with E-state index in [1.807, 2.05) is 56.8 Å². The third-order valence-corrected chi connectivity index (χ3v) is 11.9. The van der Waals surface area contributed by atoms with E-state index in [2.05, 4.69) is 75.9 Å². The number of piperidine rings is 2. The molecule has 290 valence electrons. The fraction of sp³-hybridized carbons (Fsp3) is 0.432. The van der Waals surface area contributed by atoms with E-state index in [0.717, 1.165) is 81.7 Å². The SMILES string of the molecule is COC(=O)N[C@H](C(=O)N1C(c2nc(-c3ccc(-c4ccc5cc(-c6cnc([C@@H]7C[C@H]8C[C@H]8N7C(=O)OC(C)(C)C)[nH]6)ccc5c4)cc3)c[nH]2)C[C@H]2C[C@H]21)C(C)C. The number of hydrogen-bond acceptors (Lipinski definition) is 7. The monoisotopic (exact) mass is 755 g/mol. The molecular formula is C44H49N7O5. The first kappa shape index (κ1) is 36.0. The van der Waals surface area contributed by atoms with E-state index in [4.69, 9.17) is 19.4 Å². The van der Waals surface area contributed by atoms with Crippen LogP contribution in [0.2, 0.25) is 0 Å². The molecule has 9 rings (SSSR count). The van der Waals surface area contributed by atoms with Crippen LogP contribution in [0.25, 0.3) is 44.4 Å². The van der Waals surface area contributed by atoms with Gasteiger partial charge < -0.3 is 29.7 Å². The first-order valence-electron chi connectivity index (χ1n) is 19.8. The van der Waals surface area contributed by atoms with E-state index in [0.29, 0.717) is 11.8 Å². The number of nitrogens with one attached hydrogen (secondary N) is 3. The van der Waals surface area contributed by atoms with Crippen molar-refractivity contribution in [3.8, 4) is 33.6 Å². The summed E-state index contributed by atoms with van der Waals surface area (Å²) in [5, 5.41) is 5.00. The Morgan fingerprint density at radius 1 is 0.804 bits per heavy atom. The maximum Gasteiger partial charge on any atom is 0.411 e. The molecule has 12 nitrogen and oxygen atoms in total. The van der Waals surface area contributed by atoms with Gasteiger partial charge in [0.1, 0.15) is 23.3 Å². The normalized spacial score (nSPS) is 24.2. The van der Waals surface area contributed by atoms with Crippen LogP contribution in [-0.4, -0.2) is 78.7 Å². The number of hydrogen-bond donors (Lipinski definition) is 3. The average Bonchev–Trinajstić information content (AvgIpc) is 3.76. The molecule has 3 amide bonds. The van der Waals surface area contributed by atoms with Crippen molar-refractivity contribution < 1.29 is 23.9 Å². The molecule has 2 aliphatic heterocycles. The molecule has 0 spiro atoms. The van der Waals surface area contributed by atoms with Gasteiger partial charge in [0.2, 0.25) is 5.91 Å². The van der Waals surface area contributed by atoms with Crippen molar-refractivity contribution in [3.63, 3.8) is 0 Å². The minimum Gasteiger partial charge on any atom is -0.453 e. The molecule has 5 aromatic rings. The predicted molar refractivity (Wildman–Crippen MR) is 212 cm³/mol. The molecule has 2 aromatic heterocycles. The van der Waals surface area contributed by atoms with E-state index >= 15 is 0 Å². The number of H-pyrrole nitrogens is 2. The van der Waals surface area contributed by atoms with Crippen LogP contribution >= 0.6 is 0 Å². The number of imidazole rings is 2. The van der Waals surface area contributed by atoms with Gasteiger partial charge >= 0.3 is 12.2 Å². The molecule has 4 heterocycles. The largest absolute Gasteiger partial charge is 0.453 e. The zero-order chi connectivity index (χ0) is 39.0. The van der Waals surface area contributed by atoms with Gasteiger partial charge in [-0.25, -0.2) is 19.6 Å². The van der Waals surface area contributed by atoms with Crippen LogP contribution < -0.4 is 5.32 Å². The minimum absolute atomic E-state index is 0.0883. The molecule has 0 radical (unpaired) electrons. The number of benzene rings is 3. The van der Waals surface area contributed by atoms with Crippen molar-refractivity contribution in [2.24, 2.45) is 17.8 Å². The Kier molecular flexibility index (Phi) is 8.70. The molecule has 12 heteroatoms. The predicted octanol–water partition coefficient (Wildman–Crippen LogP) is 8.40. The number of aromatic amines is 2. The van der Waals surface area contributed by atoms with Gasteiger partial charge in [0.05, 0.1) is 36.8 Å². The highest BCUT2D eigenvalue weighted by atomic mass is 16.6. The van der Waals surface area contributed by atoms with Crippen molar-refractivity contribution in [1.82, 2.24) is 35.1 Å². The Bertz CT molecular complexity index is 2320. The number of carbonyl (C=O) groups excluding carboxylic acids is 3. The van der Waals surface area contributed by atoms with Crippen molar-refractivity contribution >= 4 is 28.9 Å². The van der Waals surface area contributed by atoms with Crippen LogP contribution in [0.3, 0.4) is 0 Å². The summed E-state index contributed by atoms with van der Waals surface area (Å²) in [6.45, 7) is 9.56. The lowest BCUT2D eigenvalue weighted by Crippen LogP contribution is -2.52. The highest BCUT2D eigenvalue weighted by Gasteiger charge is 2.57. The van der Waals surface area contributed by atoms with E-state index in [9.17, 15) is 14.4 Å². The fourth-order valence-electron chi connectivity index (χ4n) is 8.89. The number of alkyl carbamates (subject to hydrolysis) is 1. The van der Waals surface area contributed by atoms with Gasteiger partial charge in [-0.15, -0.1) is 0 Å². The molecule has 2 saturated heterocycles. The highest BCUT2D eigenvalue weighted by Crippen LogP contribution is 2.54. The van der Waals surface area contributed by atoms with E-state index in [1.54, 1.807) is 0 Å². The minimum atomic E-state index is -0.667. The van der Waals surface area contributed by atoms with Crippen LogP contribution in [0.4, 0.5) is 9.59 Å². The van der Waals surface area contributed by atoms with Crippen molar-refractivity contribution in [2.75, 3.05) is 7.11 Å². The molecule has 4 fully saturated rings. The van der Waals surface area contributed by atoms with E-state index in [1.165, 1.54) is 7.11 Å². The molecule has 3 N–H and O–H groups in total. The van der Waals surface area contributed by atoms with Gasteiger partial charge in [-0.3, -0.25) is 9.69 Å². The molecule has 4 aliphatic rings.